The van der Waals surface area contributed by atoms with Crippen LogP contribution < -0.4 is 10.1 Å². The normalized spacial score (nSPS) is 11.9. The van der Waals surface area contributed by atoms with Gasteiger partial charge < -0.3 is 10.1 Å². The molecule has 3 rings (SSSR count). The lowest BCUT2D eigenvalue weighted by Crippen LogP contribution is -2.23. The molecule has 0 spiro atoms. The van der Waals surface area contributed by atoms with Gasteiger partial charge in [-0.2, -0.15) is 4.68 Å². The van der Waals surface area contributed by atoms with Gasteiger partial charge in [-0.3, -0.25) is 4.79 Å². The minimum atomic E-state index is -0.398. The van der Waals surface area contributed by atoms with Gasteiger partial charge in [0.2, 0.25) is 11.1 Å². The first kappa shape index (κ1) is 18.9. The maximum atomic E-state index is 12.6. The van der Waals surface area contributed by atoms with Gasteiger partial charge in [-0.25, -0.2) is 0 Å². The number of para-hydroxylation sites is 2. The third-order valence-corrected chi connectivity index (χ3v) is 5.29. The molecule has 0 bridgehead atoms. The first-order valence-corrected chi connectivity index (χ1v) is 9.34. The number of rotatable bonds is 6. The maximum Gasteiger partial charge on any atom is 0.237 e. The minimum absolute atomic E-state index is 0.153. The van der Waals surface area contributed by atoms with Crippen molar-refractivity contribution in [2.24, 2.45) is 0 Å². The van der Waals surface area contributed by atoms with Gasteiger partial charge in [0, 0.05) is 0 Å². The number of anilines is 1. The second-order valence-corrected chi connectivity index (χ2v) is 7.35. The maximum absolute atomic E-state index is 12.6. The highest BCUT2D eigenvalue weighted by Crippen LogP contribution is 2.28. The Balaban J connectivity index is 1.77. The average molecular weight is 383 g/mol. The zero-order chi connectivity index (χ0) is 19.4. The van der Waals surface area contributed by atoms with E-state index in [1.807, 2.05) is 51.1 Å². The first-order valence-electron chi connectivity index (χ1n) is 8.46. The van der Waals surface area contributed by atoms with E-state index in [4.69, 9.17) is 4.74 Å². The molecule has 3 aromatic rings. The third kappa shape index (κ3) is 4.11. The van der Waals surface area contributed by atoms with Crippen molar-refractivity contribution in [1.82, 2.24) is 20.2 Å². The van der Waals surface area contributed by atoms with E-state index in [9.17, 15) is 4.79 Å². The molecule has 7 nitrogen and oxygen atoms in total. The van der Waals surface area contributed by atoms with Gasteiger partial charge in [-0.1, -0.05) is 36.0 Å². The summed E-state index contributed by atoms with van der Waals surface area (Å²) < 4.78 is 6.94. The molecule has 0 aliphatic heterocycles. The van der Waals surface area contributed by atoms with Crippen LogP contribution in [0.15, 0.2) is 47.6 Å². The Labute approximate surface area is 162 Å². The van der Waals surface area contributed by atoms with Crippen molar-refractivity contribution in [2.45, 2.75) is 31.2 Å². The van der Waals surface area contributed by atoms with Crippen molar-refractivity contribution < 1.29 is 9.53 Å². The van der Waals surface area contributed by atoms with E-state index >= 15 is 0 Å². The fraction of sp³-hybridized carbons (Fsp3) is 0.263. The number of aromatic nitrogens is 4. The van der Waals surface area contributed by atoms with Crippen LogP contribution in [0.25, 0.3) is 5.69 Å². The molecule has 1 atom stereocenters. The highest BCUT2D eigenvalue weighted by atomic mass is 32.2. The lowest BCUT2D eigenvalue weighted by atomic mass is 10.1. The van der Waals surface area contributed by atoms with Crippen LogP contribution in [0, 0.1) is 13.8 Å². The molecule has 0 saturated carbocycles. The van der Waals surface area contributed by atoms with E-state index in [2.05, 4.69) is 20.8 Å². The summed E-state index contributed by atoms with van der Waals surface area (Å²) in [6, 6.07) is 13.3. The predicted octanol–water partition coefficient (Wildman–Crippen LogP) is 3.41. The topological polar surface area (TPSA) is 81.9 Å². The van der Waals surface area contributed by atoms with Crippen LogP contribution >= 0.6 is 11.8 Å². The number of benzene rings is 2. The Bertz CT molecular complexity index is 957. The minimum Gasteiger partial charge on any atom is -0.495 e. The Morgan fingerprint density at radius 2 is 1.96 bits per heavy atom. The SMILES string of the molecule is COc1ccccc1NC(=O)C(C)Sc1nnnn1-c1cccc(C)c1C. The Morgan fingerprint density at radius 1 is 1.19 bits per heavy atom. The number of methoxy groups -OCH3 is 1. The van der Waals surface area contributed by atoms with E-state index in [1.165, 1.54) is 11.8 Å². The van der Waals surface area contributed by atoms with Gasteiger partial charge in [0.05, 0.1) is 23.7 Å². The zero-order valence-electron chi connectivity index (χ0n) is 15.6. The summed E-state index contributed by atoms with van der Waals surface area (Å²) in [4.78, 5) is 12.6. The van der Waals surface area contributed by atoms with E-state index in [1.54, 1.807) is 23.9 Å². The molecule has 1 aromatic heterocycles. The number of ether oxygens (including phenoxy) is 1. The second kappa shape index (κ2) is 8.22. The first-order chi connectivity index (χ1) is 13.0. The van der Waals surface area contributed by atoms with Gasteiger partial charge in [0.25, 0.3) is 0 Å². The quantitative estimate of drug-likeness (QED) is 0.657. The van der Waals surface area contributed by atoms with Gasteiger partial charge in [0.15, 0.2) is 0 Å². The fourth-order valence-corrected chi connectivity index (χ4v) is 3.36. The number of tetrazole rings is 1. The molecule has 0 saturated heterocycles. The summed E-state index contributed by atoms with van der Waals surface area (Å²) in [5.74, 6) is 0.461. The monoisotopic (exact) mass is 383 g/mol. The van der Waals surface area contributed by atoms with Gasteiger partial charge in [-0.05, 0) is 60.5 Å². The number of hydrogen-bond donors (Lipinski definition) is 1. The van der Waals surface area contributed by atoms with E-state index in [0.717, 1.165) is 16.8 Å². The molecule has 0 aliphatic carbocycles. The van der Waals surface area contributed by atoms with Crippen LogP contribution in [-0.2, 0) is 4.79 Å². The Kier molecular flexibility index (Phi) is 5.75. The molecule has 0 aliphatic rings. The van der Waals surface area contributed by atoms with Crippen LogP contribution in [0.1, 0.15) is 18.1 Å². The highest BCUT2D eigenvalue weighted by Gasteiger charge is 2.21. The van der Waals surface area contributed by atoms with E-state index in [-0.39, 0.29) is 5.91 Å². The number of amides is 1. The zero-order valence-corrected chi connectivity index (χ0v) is 16.4. The third-order valence-electron chi connectivity index (χ3n) is 4.26. The molecule has 1 unspecified atom stereocenters. The number of carbonyl (C=O) groups is 1. The summed E-state index contributed by atoms with van der Waals surface area (Å²) in [5.41, 5.74) is 3.78. The largest absolute Gasteiger partial charge is 0.495 e. The van der Waals surface area contributed by atoms with Gasteiger partial charge >= 0.3 is 0 Å². The molecule has 1 N–H and O–H groups in total. The second-order valence-electron chi connectivity index (χ2n) is 6.04. The molecule has 140 valence electrons. The predicted molar refractivity (Wildman–Crippen MR) is 106 cm³/mol. The van der Waals surface area contributed by atoms with Crippen molar-refractivity contribution in [2.75, 3.05) is 12.4 Å². The van der Waals surface area contributed by atoms with Crippen LogP contribution in [-0.4, -0.2) is 38.5 Å². The summed E-state index contributed by atoms with van der Waals surface area (Å²) in [5, 5.41) is 15.0. The van der Waals surface area contributed by atoms with Crippen LogP contribution in [0.4, 0.5) is 5.69 Å². The molecule has 1 heterocycles. The number of nitrogens with one attached hydrogen (secondary N) is 1. The lowest BCUT2D eigenvalue weighted by molar-refractivity contribution is -0.115. The highest BCUT2D eigenvalue weighted by molar-refractivity contribution is 8.00. The number of nitrogens with zero attached hydrogens (tertiary/aromatic N) is 4. The van der Waals surface area contributed by atoms with Crippen molar-refractivity contribution in [1.29, 1.82) is 0 Å². The molecular weight excluding hydrogens is 362 g/mol. The average Bonchev–Trinajstić information content (AvgIpc) is 3.12. The summed E-state index contributed by atoms with van der Waals surface area (Å²) >= 11 is 1.30. The van der Waals surface area contributed by atoms with Gasteiger partial charge in [-0.15, -0.1) is 5.10 Å². The van der Waals surface area contributed by atoms with Crippen LogP contribution in [0.3, 0.4) is 0 Å². The number of aryl methyl sites for hydroxylation is 1. The van der Waals surface area contributed by atoms with Crippen molar-refractivity contribution in [3.63, 3.8) is 0 Å². The summed E-state index contributed by atoms with van der Waals surface area (Å²) in [6.45, 7) is 5.88. The van der Waals surface area contributed by atoms with Crippen molar-refractivity contribution in [3.8, 4) is 11.4 Å². The smallest absolute Gasteiger partial charge is 0.237 e. The number of hydrogen-bond acceptors (Lipinski definition) is 6. The lowest BCUT2D eigenvalue weighted by Gasteiger charge is -2.14. The van der Waals surface area contributed by atoms with E-state index in [0.29, 0.717) is 16.6 Å². The number of thioether (sulfide) groups is 1. The van der Waals surface area contributed by atoms with E-state index < -0.39 is 5.25 Å². The van der Waals surface area contributed by atoms with Crippen LogP contribution in [0.2, 0.25) is 0 Å². The summed E-state index contributed by atoms with van der Waals surface area (Å²) in [7, 11) is 1.57. The molecule has 1 amide bonds. The molecular formula is C19H21N5O2S. The number of carbonyl (C=O) groups excluding carboxylic acids is 1. The molecule has 0 fully saturated rings. The summed E-state index contributed by atoms with van der Waals surface area (Å²) in [6.07, 6.45) is 0. The standard InChI is InChI=1S/C19H21N5O2S/c1-12-8-7-10-16(13(12)2)24-19(21-22-23-24)27-14(3)18(25)20-15-9-5-6-11-17(15)26-4/h5-11,14H,1-4H3,(H,20,25). The fourth-order valence-electron chi connectivity index (χ4n) is 2.56. The molecule has 27 heavy (non-hydrogen) atoms. The van der Waals surface area contributed by atoms with Crippen LogP contribution in [0.5, 0.6) is 5.75 Å². The molecule has 0 radical (unpaired) electrons. The molecule has 2 aromatic carbocycles. The Hall–Kier alpha value is -2.87. The molecule has 8 heteroatoms. The van der Waals surface area contributed by atoms with Crippen molar-refractivity contribution >= 4 is 23.4 Å². The van der Waals surface area contributed by atoms with Crippen molar-refractivity contribution in [3.05, 3.63) is 53.6 Å². The van der Waals surface area contributed by atoms with Gasteiger partial charge in [0.1, 0.15) is 5.75 Å². The Morgan fingerprint density at radius 3 is 2.74 bits per heavy atom.